The molecule has 2 aromatic heterocycles. The lowest BCUT2D eigenvalue weighted by Crippen LogP contribution is -2.29. The molecule has 0 aliphatic carbocycles. The molecule has 144 valence electrons. The van der Waals surface area contributed by atoms with Gasteiger partial charge in [0.2, 0.25) is 0 Å². The van der Waals surface area contributed by atoms with E-state index in [0.29, 0.717) is 18.2 Å². The first-order chi connectivity index (χ1) is 13.5. The zero-order valence-corrected chi connectivity index (χ0v) is 15.4. The number of anilines is 1. The first-order valence-electron chi connectivity index (χ1n) is 8.56. The first-order valence-corrected chi connectivity index (χ1v) is 8.56. The Bertz CT molecular complexity index is 1020. The third-order valence-electron chi connectivity index (χ3n) is 4.21. The highest BCUT2D eigenvalue weighted by Crippen LogP contribution is 2.17. The number of hydrogen-bond acceptors (Lipinski definition) is 7. The van der Waals surface area contributed by atoms with Crippen LogP contribution in [0.5, 0.6) is 0 Å². The number of carbonyl (C=O) groups is 1. The molecule has 2 N–H and O–H groups in total. The molecule has 0 radical (unpaired) electrons. The van der Waals surface area contributed by atoms with Crippen molar-refractivity contribution in [1.29, 1.82) is 0 Å². The number of aryl methyl sites for hydroxylation is 1. The molecule has 10 heteroatoms. The lowest BCUT2D eigenvalue weighted by Gasteiger charge is -2.09. The van der Waals surface area contributed by atoms with E-state index in [-0.39, 0.29) is 17.8 Å². The Morgan fingerprint density at radius 2 is 1.96 bits per heavy atom. The van der Waals surface area contributed by atoms with Crippen LogP contribution in [0.2, 0.25) is 0 Å². The number of hydrogen-bond donors (Lipinski definition) is 2. The van der Waals surface area contributed by atoms with Gasteiger partial charge in [0, 0.05) is 30.9 Å². The highest BCUT2D eigenvalue weighted by atomic mass is 16.6. The summed E-state index contributed by atoms with van der Waals surface area (Å²) in [6.07, 6.45) is 3.14. The summed E-state index contributed by atoms with van der Waals surface area (Å²) < 4.78 is 1.86. The van der Waals surface area contributed by atoms with Crippen molar-refractivity contribution in [2.45, 2.75) is 13.8 Å². The number of nitro groups is 1. The molecule has 1 amide bonds. The maximum absolute atomic E-state index is 12.2. The van der Waals surface area contributed by atoms with Gasteiger partial charge in [0.25, 0.3) is 11.6 Å². The van der Waals surface area contributed by atoms with Gasteiger partial charge in [-0.25, -0.2) is 15.0 Å². The number of nitro benzene ring substituents is 1. The second kappa shape index (κ2) is 8.25. The summed E-state index contributed by atoms with van der Waals surface area (Å²) in [5.74, 6) is 0.775. The molecule has 0 spiro atoms. The van der Waals surface area contributed by atoms with Crippen LogP contribution in [0.1, 0.15) is 21.7 Å². The standard InChI is InChI=1S/C18H19N7O3/c1-12-13(2)24(11-23-12)17-9-16(21-10-22-17)19-7-8-20-18(26)14-5-3-4-6-15(14)25(27)28/h3-6,9-11H,7-8H2,1-2H3,(H,20,26)(H,19,21,22). The predicted octanol–water partition coefficient (Wildman–Crippen LogP) is 2.03. The number of carbonyl (C=O) groups excluding carboxylic acids is 1. The molecule has 0 aliphatic heterocycles. The number of rotatable bonds is 7. The van der Waals surface area contributed by atoms with Crippen LogP contribution in [0.4, 0.5) is 11.5 Å². The van der Waals surface area contributed by atoms with Gasteiger partial charge in [0.15, 0.2) is 0 Å². The zero-order valence-electron chi connectivity index (χ0n) is 15.4. The number of para-hydroxylation sites is 1. The second-order valence-corrected chi connectivity index (χ2v) is 6.00. The third kappa shape index (κ3) is 4.11. The minimum atomic E-state index is -0.574. The van der Waals surface area contributed by atoms with Crippen molar-refractivity contribution in [3.63, 3.8) is 0 Å². The molecule has 3 rings (SSSR count). The monoisotopic (exact) mass is 381 g/mol. The van der Waals surface area contributed by atoms with E-state index in [1.54, 1.807) is 18.5 Å². The molecular weight excluding hydrogens is 362 g/mol. The van der Waals surface area contributed by atoms with Crippen molar-refractivity contribution in [3.8, 4) is 5.82 Å². The molecule has 0 fully saturated rings. The van der Waals surface area contributed by atoms with Gasteiger partial charge in [-0.3, -0.25) is 19.5 Å². The predicted molar refractivity (Wildman–Crippen MR) is 103 cm³/mol. The third-order valence-corrected chi connectivity index (χ3v) is 4.21. The Labute approximate surface area is 160 Å². The largest absolute Gasteiger partial charge is 0.368 e. The quantitative estimate of drug-likeness (QED) is 0.364. The van der Waals surface area contributed by atoms with Crippen molar-refractivity contribution in [2.75, 3.05) is 18.4 Å². The van der Waals surface area contributed by atoms with Crippen LogP contribution >= 0.6 is 0 Å². The van der Waals surface area contributed by atoms with Gasteiger partial charge in [-0.05, 0) is 19.9 Å². The normalized spacial score (nSPS) is 10.5. The van der Waals surface area contributed by atoms with E-state index >= 15 is 0 Å². The van der Waals surface area contributed by atoms with E-state index in [0.717, 1.165) is 11.4 Å². The Balaban J connectivity index is 1.58. The lowest BCUT2D eigenvalue weighted by atomic mass is 10.1. The fraction of sp³-hybridized carbons (Fsp3) is 0.222. The molecule has 0 atom stereocenters. The number of nitrogens with zero attached hydrogens (tertiary/aromatic N) is 5. The summed E-state index contributed by atoms with van der Waals surface area (Å²) in [7, 11) is 0. The Hall–Kier alpha value is -3.82. The average Bonchev–Trinajstić information content (AvgIpc) is 3.04. The maximum Gasteiger partial charge on any atom is 0.282 e. The summed E-state index contributed by atoms with van der Waals surface area (Å²) in [6.45, 7) is 4.54. The van der Waals surface area contributed by atoms with Crippen LogP contribution in [0.25, 0.3) is 5.82 Å². The highest BCUT2D eigenvalue weighted by molar-refractivity contribution is 5.98. The van der Waals surface area contributed by atoms with Gasteiger partial charge in [-0.15, -0.1) is 0 Å². The zero-order chi connectivity index (χ0) is 20.1. The summed E-state index contributed by atoms with van der Waals surface area (Å²) in [5, 5.41) is 16.8. The minimum Gasteiger partial charge on any atom is -0.368 e. The minimum absolute atomic E-state index is 0.0303. The molecule has 1 aromatic carbocycles. The number of amides is 1. The van der Waals surface area contributed by atoms with Crippen molar-refractivity contribution in [1.82, 2.24) is 24.8 Å². The Morgan fingerprint density at radius 3 is 2.68 bits per heavy atom. The van der Waals surface area contributed by atoms with E-state index in [1.165, 1.54) is 24.5 Å². The molecule has 0 bridgehead atoms. The van der Waals surface area contributed by atoms with Crippen LogP contribution in [0.15, 0.2) is 43.0 Å². The smallest absolute Gasteiger partial charge is 0.282 e. The molecule has 0 saturated carbocycles. The number of imidazole rings is 1. The maximum atomic E-state index is 12.2. The molecule has 0 saturated heterocycles. The van der Waals surface area contributed by atoms with Gasteiger partial charge in [0.05, 0.1) is 10.6 Å². The summed E-state index contributed by atoms with van der Waals surface area (Å²) >= 11 is 0. The van der Waals surface area contributed by atoms with Gasteiger partial charge in [-0.1, -0.05) is 12.1 Å². The molecule has 0 unspecified atom stereocenters. The summed E-state index contributed by atoms with van der Waals surface area (Å²) in [5.41, 5.74) is 1.72. The topological polar surface area (TPSA) is 128 Å². The number of aromatic nitrogens is 4. The van der Waals surface area contributed by atoms with E-state index in [2.05, 4.69) is 25.6 Å². The highest BCUT2D eigenvalue weighted by Gasteiger charge is 2.18. The van der Waals surface area contributed by atoms with Crippen LogP contribution in [-0.4, -0.2) is 43.4 Å². The summed E-state index contributed by atoms with van der Waals surface area (Å²) in [6, 6.07) is 7.61. The van der Waals surface area contributed by atoms with E-state index in [1.807, 2.05) is 18.4 Å². The molecule has 0 aliphatic rings. The van der Waals surface area contributed by atoms with Crippen molar-refractivity contribution >= 4 is 17.4 Å². The van der Waals surface area contributed by atoms with E-state index in [9.17, 15) is 14.9 Å². The van der Waals surface area contributed by atoms with Gasteiger partial charge >= 0.3 is 0 Å². The Kier molecular flexibility index (Phi) is 5.58. The molecule has 28 heavy (non-hydrogen) atoms. The van der Waals surface area contributed by atoms with Crippen molar-refractivity contribution in [3.05, 3.63) is 70.1 Å². The van der Waals surface area contributed by atoms with Crippen LogP contribution in [-0.2, 0) is 0 Å². The van der Waals surface area contributed by atoms with Crippen LogP contribution in [0.3, 0.4) is 0 Å². The average molecular weight is 381 g/mol. The molecule has 3 aromatic rings. The van der Waals surface area contributed by atoms with E-state index in [4.69, 9.17) is 0 Å². The van der Waals surface area contributed by atoms with E-state index < -0.39 is 10.8 Å². The SMILES string of the molecule is Cc1ncn(-c2cc(NCCNC(=O)c3ccccc3[N+](=O)[O-])ncn2)c1C. The molecule has 10 nitrogen and oxygen atoms in total. The number of nitrogens with one attached hydrogen (secondary N) is 2. The number of benzene rings is 1. The second-order valence-electron chi connectivity index (χ2n) is 6.00. The fourth-order valence-corrected chi connectivity index (χ4v) is 2.59. The van der Waals surface area contributed by atoms with Crippen molar-refractivity contribution in [2.24, 2.45) is 0 Å². The van der Waals surface area contributed by atoms with Gasteiger partial charge in [0.1, 0.15) is 29.9 Å². The van der Waals surface area contributed by atoms with Gasteiger partial charge in [-0.2, -0.15) is 0 Å². The molecular formula is C18H19N7O3. The van der Waals surface area contributed by atoms with Crippen LogP contribution < -0.4 is 10.6 Å². The van der Waals surface area contributed by atoms with Crippen LogP contribution in [0, 0.1) is 24.0 Å². The fourth-order valence-electron chi connectivity index (χ4n) is 2.59. The lowest BCUT2D eigenvalue weighted by molar-refractivity contribution is -0.385. The van der Waals surface area contributed by atoms with Gasteiger partial charge < -0.3 is 10.6 Å². The Morgan fingerprint density at radius 1 is 1.18 bits per heavy atom. The summed E-state index contributed by atoms with van der Waals surface area (Å²) in [4.78, 5) is 35.3. The first kappa shape index (κ1) is 19.0. The van der Waals surface area contributed by atoms with Crippen molar-refractivity contribution < 1.29 is 9.72 Å². The molecule has 2 heterocycles.